The highest BCUT2D eigenvalue weighted by molar-refractivity contribution is 7.90. The molecule has 0 aliphatic carbocycles. The van der Waals surface area contributed by atoms with Gasteiger partial charge in [0, 0.05) is 19.3 Å². The standard InChI is InChI=1S/C13H24N2O5S/c1-9(2)13(12(17)18)5-6-15(8-13)11(16)10(14)4-7-21(3,19)20/h9-10H,4-8,14H2,1-3H3,(H,17,18). The van der Waals surface area contributed by atoms with E-state index >= 15 is 0 Å². The number of hydrogen-bond acceptors (Lipinski definition) is 5. The Hall–Kier alpha value is -1.15. The number of hydrogen-bond donors (Lipinski definition) is 2. The molecule has 2 unspecified atom stereocenters. The lowest BCUT2D eigenvalue weighted by Crippen LogP contribution is -2.46. The molecule has 1 amide bonds. The minimum Gasteiger partial charge on any atom is -0.481 e. The molecule has 7 nitrogen and oxygen atoms in total. The molecule has 122 valence electrons. The second-order valence-corrected chi connectivity index (χ2v) is 8.41. The topological polar surface area (TPSA) is 118 Å². The number of nitrogens with zero attached hydrogens (tertiary/aromatic N) is 1. The normalized spacial score (nSPS) is 24.3. The van der Waals surface area contributed by atoms with Crippen molar-refractivity contribution in [3.05, 3.63) is 0 Å². The summed E-state index contributed by atoms with van der Waals surface area (Å²) in [5.74, 6) is -1.53. The Bertz CT molecular complexity index is 517. The first-order valence-electron chi connectivity index (χ1n) is 6.95. The third-order valence-corrected chi connectivity index (χ3v) is 5.24. The van der Waals surface area contributed by atoms with Crippen LogP contribution in [0.2, 0.25) is 0 Å². The molecule has 0 radical (unpaired) electrons. The van der Waals surface area contributed by atoms with E-state index in [-0.39, 0.29) is 30.5 Å². The van der Waals surface area contributed by atoms with Crippen molar-refractivity contribution in [3.8, 4) is 0 Å². The average Bonchev–Trinajstić information content (AvgIpc) is 2.80. The Morgan fingerprint density at radius 3 is 2.33 bits per heavy atom. The third kappa shape index (κ3) is 4.16. The van der Waals surface area contributed by atoms with Gasteiger partial charge in [-0.25, -0.2) is 8.42 Å². The fourth-order valence-electron chi connectivity index (χ4n) is 2.61. The first-order valence-corrected chi connectivity index (χ1v) is 9.01. The zero-order valence-corrected chi connectivity index (χ0v) is 13.5. The second kappa shape index (κ2) is 6.31. The lowest BCUT2D eigenvalue weighted by Gasteiger charge is -2.29. The van der Waals surface area contributed by atoms with Crippen LogP contribution >= 0.6 is 0 Å². The van der Waals surface area contributed by atoms with E-state index < -0.39 is 27.3 Å². The Kier molecular flexibility index (Phi) is 5.38. The van der Waals surface area contributed by atoms with Crippen LogP contribution in [0.1, 0.15) is 26.7 Å². The van der Waals surface area contributed by atoms with Crippen LogP contribution in [0.25, 0.3) is 0 Å². The lowest BCUT2D eigenvalue weighted by atomic mass is 9.76. The summed E-state index contributed by atoms with van der Waals surface area (Å²) in [5.41, 5.74) is 4.80. The Labute approximate surface area is 125 Å². The van der Waals surface area contributed by atoms with Gasteiger partial charge in [0.25, 0.3) is 0 Å². The summed E-state index contributed by atoms with van der Waals surface area (Å²) in [6.45, 7) is 4.12. The van der Waals surface area contributed by atoms with Gasteiger partial charge in [0.05, 0.1) is 17.2 Å². The minimum absolute atomic E-state index is 0.0515. The highest BCUT2D eigenvalue weighted by Crippen LogP contribution is 2.38. The summed E-state index contributed by atoms with van der Waals surface area (Å²) in [7, 11) is -3.17. The number of likely N-dealkylation sites (tertiary alicyclic amines) is 1. The van der Waals surface area contributed by atoms with Gasteiger partial charge in [0.15, 0.2) is 0 Å². The molecule has 1 saturated heterocycles. The average molecular weight is 320 g/mol. The first-order chi connectivity index (χ1) is 9.49. The van der Waals surface area contributed by atoms with Crippen molar-refractivity contribution in [1.82, 2.24) is 4.90 Å². The Morgan fingerprint density at radius 1 is 1.38 bits per heavy atom. The Morgan fingerprint density at radius 2 is 1.95 bits per heavy atom. The second-order valence-electron chi connectivity index (χ2n) is 6.15. The van der Waals surface area contributed by atoms with E-state index in [1.807, 2.05) is 13.8 Å². The molecule has 1 heterocycles. The maximum absolute atomic E-state index is 12.2. The summed E-state index contributed by atoms with van der Waals surface area (Å²) in [6.07, 6.45) is 1.54. The monoisotopic (exact) mass is 320 g/mol. The maximum atomic E-state index is 12.2. The molecule has 1 rings (SSSR count). The lowest BCUT2D eigenvalue weighted by molar-refractivity contribution is -0.151. The van der Waals surface area contributed by atoms with Crippen molar-refractivity contribution in [3.63, 3.8) is 0 Å². The van der Waals surface area contributed by atoms with Crippen molar-refractivity contribution in [2.45, 2.75) is 32.7 Å². The number of nitrogens with two attached hydrogens (primary N) is 1. The van der Waals surface area contributed by atoms with Gasteiger partial charge in [-0.1, -0.05) is 13.8 Å². The number of amides is 1. The molecule has 8 heteroatoms. The maximum Gasteiger partial charge on any atom is 0.311 e. The smallest absolute Gasteiger partial charge is 0.311 e. The van der Waals surface area contributed by atoms with E-state index in [1.165, 1.54) is 4.90 Å². The molecule has 1 aliphatic heterocycles. The van der Waals surface area contributed by atoms with Crippen molar-refractivity contribution >= 4 is 21.7 Å². The van der Waals surface area contributed by atoms with E-state index in [2.05, 4.69) is 0 Å². The first kappa shape index (κ1) is 17.9. The number of aliphatic carboxylic acids is 1. The van der Waals surface area contributed by atoms with Gasteiger partial charge in [-0.05, 0) is 18.8 Å². The predicted molar refractivity (Wildman–Crippen MR) is 78.4 cm³/mol. The van der Waals surface area contributed by atoms with Gasteiger partial charge in [0.1, 0.15) is 9.84 Å². The van der Waals surface area contributed by atoms with Gasteiger partial charge in [0.2, 0.25) is 5.91 Å². The summed E-state index contributed by atoms with van der Waals surface area (Å²) >= 11 is 0. The molecule has 1 aliphatic rings. The summed E-state index contributed by atoms with van der Waals surface area (Å²) in [4.78, 5) is 25.2. The van der Waals surface area contributed by atoms with E-state index in [0.717, 1.165) is 6.26 Å². The quantitative estimate of drug-likeness (QED) is 0.694. The van der Waals surface area contributed by atoms with Crippen LogP contribution in [0, 0.1) is 11.3 Å². The molecule has 0 aromatic rings. The van der Waals surface area contributed by atoms with Crippen LogP contribution in [0.15, 0.2) is 0 Å². The van der Waals surface area contributed by atoms with Crippen LogP contribution in [-0.2, 0) is 19.4 Å². The number of carbonyl (C=O) groups excluding carboxylic acids is 1. The number of carboxylic acids is 1. The van der Waals surface area contributed by atoms with Crippen LogP contribution in [-0.4, -0.2) is 61.4 Å². The highest BCUT2D eigenvalue weighted by Gasteiger charge is 2.48. The highest BCUT2D eigenvalue weighted by atomic mass is 32.2. The van der Waals surface area contributed by atoms with Gasteiger partial charge in [-0.3, -0.25) is 9.59 Å². The fourth-order valence-corrected chi connectivity index (χ4v) is 3.30. The van der Waals surface area contributed by atoms with Crippen molar-refractivity contribution in [2.24, 2.45) is 17.1 Å². The summed E-state index contributed by atoms with van der Waals surface area (Å²) in [6, 6.07) is -0.906. The fraction of sp³-hybridized carbons (Fsp3) is 0.846. The van der Waals surface area contributed by atoms with Gasteiger partial charge < -0.3 is 15.7 Å². The summed E-state index contributed by atoms with van der Waals surface area (Å²) in [5, 5.41) is 9.43. The molecular weight excluding hydrogens is 296 g/mol. The Balaban J connectivity index is 2.71. The van der Waals surface area contributed by atoms with Gasteiger partial charge >= 0.3 is 5.97 Å². The zero-order chi connectivity index (χ0) is 16.4. The van der Waals surface area contributed by atoms with E-state index in [0.29, 0.717) is 13.0 Å². The van der Waals surface area contributed by atoms with E-state index in [9.17, 15) is 23.1 Å². The zero-order valence-electron chi connectivity index (χ0n) is 12.7. The number of sulfone groups is 1. The van der Waals surface area contributed by atoms with Crippen LogP contribution < -0.4 is 5.73 Å². The molecule has 0 spiro atoms. The van der Waals surface area contributed by atoms with Crippen molar-refractivity contribution in [1.29, 1.82) is 0 Å². The van der Waals surface area contributed by atoms with E-state index in [4.69, 9.17) is 5.73 Å². The van der Waals surface area contributed by atoms with Gasteiger partial charge in [-0.15, -0.1) is 0 Å². The van der Waals surface area contributed by atoms with Crippen molar-refractivity contribution < 1.29 is 23.1 Å². The number of carboxylic acid groups (broad SMARTS) is 1. The summed E-state index contributed by atoms with van der Waals surface area (Å²) < 4.78 is 22.2. The van der Waals surface area contributed by atoms with E-state index in [1.54, 1.807) is 0 Å². The van der Waals surface area contributed by atoms with Gasteiger partial charge in [-0.2, -0.15) is 0 Å². The van der Waals surface area contributed by atoms with Crippen LogP contribution in [0.5, 0.6) is 0 Å². The number of rotatable bonds is 6. The molecule has 0 aromatic carbocycles. The molecule has 2 atom stereocenters. The predicted octanol–water partition coefficient (Wildman–Crippen LogP) is -0.292. The van der Waals surface area contributed by atoms with Crippen LogP contribution in [0.3, 0.4) is 0 Å². The molecule has 0 bridgehead atoms. The molecule has 21 heavy (non-hydrogen) atoms. The third-order valence-electron chi connectivity index (χ3n) is 4.26. The minimum atomic E-state index is -3.17. The molecule has 3 N–H and O–H groups in total. The SMILES string of the molecule is CC(C)C1(C(=O)O)CCN(C(=O)C(N)CCS(C)(=O)=O)C1. The molecule has 0 saturated carbocycles. The molecule has 0 aromatic heterocycles. The molecule has 1 fully saturated rings. The molecular formula is C13H24N2O5S. The largest absolute Gasteiger partial charge is 0.481 e. The number of carbonyl (C=O) groups is 2. The van der Waals surface area contributed by atoms with Crippen LogP contribution in [0.4, 0.5) is 0 Å². The van der Waals surface area contributed by atoms with Crippen molar-refractivity contribution in [2.75, 3.05) is 25.1 Å².